The maximum absolute atomic E-state index is 9.96. The van der Waals surface area contributed by atoms with Gasteiger partial charge in [-0.25, -0.2) is 0 Å². The van der Waals surface area contributed by atoms with Gasteiger partial charge in [-0.2, -0.15) is 0 Å². The molecule has 0 aliphatic heterocycles. The van der Waals surface area contributed by atoms with E-state index in [4.69, 9.17) is 0 Å². The summed E-state index contributed by atoms with van der Waals surface area (Å²) in [6, 6.07) is 4.08. The third-order valence-corrected chi connectivity index (χ3v) is 2.77. The van der Waals surface area contributed by atoms with Crippen molar-refractivity contribution in [2.45, 2.75) is 25.9 Å². The first-order valence-electron chi connectivity index (χ1n) is 4.59. The van der Waals surface area contributed by atoms with Crippen LogP contribution in [0.1, 0.15) is 18.7 Å². The Morgan fingerprint density at radius 3 is 2.92 bits per heavy atom. The molecule has 0 aliphatic rings. The maximum atomic E-state index is 9.96. The van der Waals surface area contributed by atoms with Crippen molar-refractivity contribution in [1.82, 2.24) is 5.32 Å². The molecule has 0 bridgehead atoms. The highest BCUT2D eigenvalue weighted by Gasteiger charge is 2.20. The smallest absolute Gasteiger partial charge is 0.0791 e. The van der Waals surface area contributed by atoms with Crippen molar-refractivity contribution in [2.75, 3.05) is 13.1 Å². The summed E-state index contributed by atoms with van der Waals surface area (Å²) in [7, 11) is 0. The molecule has 0 fully saturated rings. The number of thiophene rings is 1. The Morgan fingerprint density at radius 1 is 1.62 bits per heavy atom. The predicted octanol–water partition coefficient (Wildman–Crippen LogP) is 1.65. The monoisotopic (exact) mass is 199 g/mol. The topological polar surface area (TPSA) is 32.3 Å². The van der Waals surface area contributed by atoms with Gasteiger partial charge in [0.15, 0.2) is 0 Å². The van der Waals surface area contributed by atoms with Crippen LogP contribution in [0.25, 0.3) is 0 Å². The van der Waals surface area contributed by atoms with E-state index in [2.05, 4.69) is 11.4 Å². The molecule has 74 valence electrons. The fourth-order valence-electron chi connectivity index (χ4n) is 1.25. The Hall–Kier alpha value is -0.380. The summed E-state index contributed by atoms with van der Waals surface area (Å²) < 4.78 is 0. The average Bonchev–Trinajstić information content (AvgIpc) is 2.52. The SMILES string of the molecule is CCNCC(C)(O)Cc1cccs1. The van der Waals surface area contributed by atoms with E-state index in [0.717, 1.165) is 13.0 Å². The summed E-state index contributed by atoms with van der Waals surface area (Å²) in [5, 5.41) is 15.2. The van der Waals surface area contributed by atoms with Crippen LogP contribution in [0.15, 0.2) is 17.5 Å². The van der Waals surface area contributed by atoms with Crippen LogP contribution in [0.4, 0.5) is 0 Å². The molecule has 0 amide bonds. The molecule has 13 heavy (non-hydrogen) atoms. The van der Waals surface area contributed by atoms with Gasteiger partial charge < -0.3 is 10.4 Å². The highest BCUT2D eigenvalue weighted by molar-refractivity contribution is 7.09. The van der Waals surface area contributed by atoms with Crippen LogP contribution in [-0.4, -0.2) is 23.8 Å². The minimum absolute atomic E-state index is 0.624. The molecule has 1 rings (SSSR count). The van der Waals surface area contributed by atoms with Crippen molar-refractivity contribution in [3.63, 3.8) is 0 Å². The fourth-order valence-corrected chi connectivity index (χ4v) is 2.13. The largest absolute Gasteiger partial charge is 0.388 e. The van der Waals surface area contributed by atoms with E-state index in [-0.39, 0.29) is 0 Å². The molecule has 1 atom stereocenters. The fraction of sp³-hybridized carbons (Fsp3) is 0.600. The van der Waals surface area contributed by atoms with Gasteiger partial charge in [-0.3, -0.25) is 0 Å². The first-order valence-corrected chi connectivity index (χ1v) is 5.47. The van der Waals surface area contributed by atoms with Crippen LogP contribution < -0.4 is 5.32 Å². The molecule has 0 radical (unpaired) electrons. The van der Waals surface area contributed by atoms with Crippen molar-refractivity contribution >= 4 is 11.3 Å². The third-order valence-electron chi connectivity index (χ3n) is 1.89. The zero-order chi connectivity index (χ0) is 9.73. The van der Waals surface area contributed by atoms with Crippen molar-refractivity contribution in [3.05, 3.63) is 22.4 Å². The lowest BCUT2D eigenvalue weighted by Crippen LogP contribution is -2.39. The lowest BCUT2D eigenvalue weighted by molar-refractivity contribution is 0.0615. The summed E-state index contributed by atoms with van der Waals surface area (Å²) in [5.74, 6) is 0. The molecular formula is C10H17NOS. The summed E-state index contributed by atoms with van der Waals surface area (Å²) in [4.78, 5) is 1.24. The number of likely N-dealkylation sites (N-methyl/N-ethyl adjacent to an activating group) is 1. The van der Waals surface area contributed by atoms with E-state index >= 15 is 0 Å². The van der Waals surface area contributed by atoms with Crippen LogP contribution in [0.3, 0.4) is 0 Å². The van der Waals surface area contributed by atoms with E-state index in [1.54, 1.807) is 11.3 Å². The molecule has 0 saturated carbocycles. The number of rotatable bonds is 5. The van der Waals surface area contributed by atoms with Gasteiger partial charge in [-0.1, -0.05) is 13.0 Å². The first kappa shape index (κ1) is 10.7. The molecule has 1 unspecified atom stereocenters. The van der Waals surface area contributed by atoms with Gasteiger partial charge in [0.2, 0.25) is 0 Å². The van der Waals surface area contributed by atoms with Crippen LogP contribution >= 0.6 is 11.3 Å². The van der Waals surface area contributed by atoms with E-state index in [1.165, 1.54) is 4.88 Å². The van der Waals surface area contributed by atoms with Gasteiger partial charge >= 0.3 is 0 Å². The highest BCUT2D eigenvalue weighted by Crippen LogP contribution is 2.16. The van der Waals surface area contributed by atoms with E-state index < -0.39 is 5.60 Å². The van der Waals surface area contributed by atoms with Gasteiger partial charge in [-0.05, 0) is 24.9 Å². The molecule has 0 aliphatic carbocycles. The Kier molecular flexibility index (Phi) is 3.90. The molecule has 2 nitrogen and oxygen atoms in total. The predicted molar refractivity (Wildman–Crippen MR) is 57.2 cm³/mol. The Morgan fingerprint density at radius 2 is 2.38 bits per heavy atom. The molecule has 1 aromatic heterocycles. The molecule has 0 aromatic carbocycles. The molecule has 0 saturated heterocycles. The molecule has 1 aromatic rings. The summed E-state index contributed by atoms with van der Waals surface area (Å²) >= 11 is 1.70. The first-order chi connectivity index (χ1) is 6.14. The molecule has 1 heterocycles. The number of hydrogen-bond donors (Lipinski definition) is 2. The standard InChI is InChI=1S/C10H17NOS/c1-3-11-8-10(2,12)7-9-5-4-6-13-9/h4-6,11-12H,3,7-8H2,1-2H3. The third kappa shape index (κ3) is 3.89. The quantitative estimate of drug-likeness (QED) is 0.756. The van der Waals surface area contributed by atoms with Gasteiger partial charge in [0, 0.05) is 17.8 Å². The second-order valence-corrected chi connectivity index (χ2v) is 4.57. The zero-order valence-electron chi connectivity index (χ0n) is 8.21. The Bertz CT molecular complexity index is 231. The van der Waals surface area contributed by atoms with Gasteiger partial charge in [0.05, 0.1) is 5.60 Å². The van der Waals surface area contributed by atoms with Crippen molar-refractivity contribution in [1.29, 1.82) is 0 Å². The van der Waals surface area contributed by atoms with E-state index in [1.807, 2.05) is 25.3 Å². The van der Waals surface area contributed by atoms with Gasteiger partial charge in [0.25, 0.3) is 0 Å². The number of aliphatic hydroxyl groups is 1. The average molecular weight is 199 g/mol. The van der Waals surface area contributed by atoms with Crippen LogP contribution in [0, 0.1) is 0 Å². The normalized spacial score (nSPS) is 15.6. The lowest BCUT2D eigenvalue weighted by Gasteiger charge is -2.22. The summed E-state index contributed by atoms with van der Waals surface area (Å²) in [5.41, 5.74) is -0.624. The molecule has 2 N–H and O–H groups in total. The van der Waals surface area contributed by atoms with Crippen molar-refractivity contribution < 1.29 is 5.11 Å². The number of hydrogen-bond acceptors (Lipinski definition) is 3. The lowest BCUT2D eigenvalue weighted by atomic mass is 10.0. The Balaban J connectivity index is 2.42. The van der Waals surface area contributed by atoms with E-state index in [0.29, 0.717) is 6.54 Å². The maximum Gasteiger partial charge on any atom is 0.0791 e. The second kappa shape index (κ2) is 4.74. The van der Waals surface area contributed by atoms with Crippen molar-refractivity contribution in [3.8, 4) is 0 Å². The second-order valence-electron chi connectivity index (χ2n) is 3.53. The van der Waals surface area contributed by atoms with Crippen molar-refractivity contribution in [2.24, 2.45) is 0 Å². The minimum atomic E-state index is -0.624. The van der Waals surface area contributed by atoms with Gasteiger partial charge in [0.1, 0.15) is 0 Å². The van der Waals surface area contributed by atoms with Gasteiger partial charge in [-0.15, -0.1) is 11.3 Å². The van der Waals surface area contributed by atoms with Crippen LogP contribution in [0.2, 0.25) is 0 Å². The minimum Gasteiger partial charge on any atom is -0.388 e. The summed E-state index contributed by atoms with van der Waals surface area (Å²) in [6.45, 7) is 5.47. The number of nitrogens with one attached hydrogen (secondary N) is 1. The van der Waals surface area contributed by atoms with Crippen LogP contribution in [-0.2, 0) is 6.42 Å². The Labute approximate surface area is 83.6 Å². The zero-order valence-corrected chi connectivity index (χ0v) is 9.03. The highest BCUT2D eigenvalue weighted by atomic mass is 32.1. The molecular weight excluding hydrogens is 182 g/mol. The van der Waals surface area contributed by atoms with Crippen LogP contribution in [0.5, 0.6) is 0 Å². The molecule has 0 spiro atoms. The summed E-state index contributed by atoms with van der Waals surface area (Å²) in [6.07, 6.45) is 0.734. The molecule has 3 heteroatoms. The van der Waals surface area contributed by atoms with E-state index in [9.17, 15) is 5.11 Å².